The Hall–Kier alpha value is -0.590. The summed E-state index contributed by atoms with van der Waals surface area (Å²) in [6, 6.07) is 3.00. The van der Waals surface area contributed by atoms with Crippen LogP contribution in [0.15, 0.2) is 18.2 Å². The van der Waals surface area contributed by atoms with Gasteiger partial charge < -0.3 is 4.18 Å². The fourth-order valence-corrected chi connectivity index (χ4v) is 1.84. The maximum atomic E-state index is 12.8. The van der Waals surface area contributed by atoms with Gasteiger partial charge in [0.1, 0.15) is 5.75 Å². The van der Waals surface area contributed by atoms with Crippen LogP contribution in [-0.4, -0.2) is 14.7 Å². The van der Waals surface area contributed by atoms with Crippen molar-refractivity contribution in [1.82, 2.24) is 0 Å². The maximum absolute atomic E-state index is 12.8. The van der Waals surface area contributed by atoms with Gasteiger partial charge >= 0.3 is 15.5 Å². The first kappa shape index (κ1) is 13.5. The summed E-state index contributed by atoms with van der Waals surface area (Å²) in [5, 5.41) is -3.96. The molecule has 0 fully saturated rings. The third-order valence-electron chi connectivity index (χ3n) is 1.49. The molecule has 0 saturated heterocycles. The van der Waals surface area contributed by atoms with Gasteiger partial charge in [-0.15, -0.1) is 0 Å². The molecule has 0 saturated carbocycles. The van der Waals surface area contributed by atoms with Gasteiger partial charge in [0.15, 0.2) is 0 Å². The molecule has 0 heterocycles. The molecule has 8 heteroatoms. The zero-order valence-electron chi connectivity index (χ0n) is 7.88. The molecule has 0 aromatic heterocycles. The quantitative estimate of drug-likeness (QED) is 0.635. The van der Waals surface area contributed by atoms with Gasteiger partial charge in [-0.3, -0.25) is 0 Å². The molecule has 0 radical (unpaired) electrons. The average molecular weight is 291 g/mol. The topological polar surface area (TPSA) is 43.4 Å². The van der Waals surface area contributed by atoms with Gasteiger partial charge in [0.05, 0.1) is 16.8 Å². The molecule has 90 valence electrons. The molecule has 0 N–H and O–H groups in total. The van der Waals surface area contributed by atoms with Crippen LogP contribution in [0, 0.1) is 0 Å². The van der Waals surface area contributed by atoms with Crippen molar-refractivity contribution < 1.29 is 21.4 Å². The van der Waals surface area contributed by atoms with Gasteiger partial charge in [-0.05, 0) is 29.8 Å². The SMILES string of the molecule is CS(=O)(=O)Oc1ccc(Cl)c(C(F)(F)Cl)c1. The van der Waals surface area contributed by atoms with Gasteiger partial charge in [-0.25, -0.2) is 0 Å². The molecule has 3 nitrogen and oxygen atoms in total. The Kier molecular flexibility index (Phi) is 3.66. The lowest BCUT2D eigenvalue weighted by Crippen LogP contribution is -2.08. The van der Waals surface area contributed by atoms with Crippen molar-refractivity contribution in [3.05, 3.63) is 28.8 Å². The molecule has 1 rings (SSSR count). The van der Waals surface area contributed by atoms with E-state index in [1.54, 1.807) is 0 Å². The van der Waals surface area contributed by atoms with Gasteiger partial charge in [0.25, 0.3) is 0 Å². The lowest BCUT2D eigenvalue weighted by atomic mass is 10.2. The molecular weight excluding hydrogens is 285 g/mol. The Morgan fingerprint density at radius 3 is 2.38 bits per heavy atom. The lowest BCUT2D eigenvalue weighted by molar-refractivity contribution is 0.0950. The van der Waals surface area contributed by atoms with E-state index in [0.29, 0.717) is 0 Å². The number of halogens is 4. The van der Waals surface area contributed by atoms with Crippen molar-refractivity contribution in [3.8, 4) is 5.75 Å². The first-order valence-corrected chi connectivity index (χ1v) is 6.43. The zero-order chi connectivity index (χ0) is 12.6. The summed E-state index contributed by atoms with van der Waals surface area (Å²) in [5.41, 5.74) is -0.711. The molecule has 0 spiro atoms. The third kappa shape index (κ3) is 3.77. The highest BCUT2D eigenvalue weighted by Crippen LogP contribution is 2.38. The van der Waals surface area contributed by atoms with Crippen molar-refractivity contribution in [2.24, 2.45) is 0 Å². The molecule has 0 aliphatic heterocycles. The van der Waals surface area contributed by atoms with Crippen molar-refractivity contribution in [3.63, 3.8) is 0 Å². The molecule has 0 amide bonds. The molecule has 0 atom stereocenters. The van der Waals surface area contributed by atoms with Crippen LogP contribution in [0.4, 0.5) is 8.78 Å². The smallest absolute Gasteiger partial charge is 0.349 e. The van der Waals surface area contributed by atoms with Crippen molar-refractivity contribution in [1.29, 1.82) is 0 Å². The zero-order valence-corrected chi connectivity index (χ0v) is 10.2. The van der Waals surface area contributed by atoms with Gasteiger partial charge in [0.2, 0.25) is 0 Å². The van der Waals surface area contributed by atoms with E-state index < -0.39 is 21.1 Å². The Labute approximate surface area is 101 Å². The standard InChI is InChI=1S/C8H6Cl2F2O3S/c1-16(13,14)15-5-2-3-7(9)6(4-5)8(10,11)12/h2-4H,1H3. The summed E-state index contributed by atoms with van der Waals surface area (Å²) in [5.74, 6) is -0.276. The van der Waals surface area contributed by atoms with Crippen molar-refractivity contribution in [2.45, 2.75) is 5.38 Å². The third-order valence-corrected chi connectivity index (χ3v) is 2.52. The summed E-state index contributed by atoms with van der Waals surface area (Å²) in [7, 11) is -3.78. The fraction of sp³-hybridized carbons (Fsp3) is 0.250. The second-order valence-corrected chi connectivity index (χ2v) is 5.38. The van der Waals surface area contributed by atoms with Crippen LogP contribution in [-0.2, 0) is 15.5 Å². The molecule has 0 aliphatic carbocycles. The van der Waals surface area contributed by atoms with E-state index in [1.165, 1.54) is 0 Å². The normalized spacial score (nSPS) is 12.6. The highest BCUT2D eigenvalue weighted by molar-refractivity contribution is 7.86. The van der Waals surface area contributed by atoms with Crippen LogP contribution in [0.25, 0.3) is 0 Å². The first-order valence-electron chi connectivity index (χ1n) is 3.86. The predicted octanol–water partition coefficient (Wildman–Crippen LogP) is 2.97. The van der Waals surface area contributed by atoms with Crippen LogP contribution in [0.2, 0.25) is 5.02 Å². The minimum atomic E-state index is -3.78. The molecule has 16 heavy (non-hydrogen) atoms. The van der Waals surface area contributed by atoms with Crippen molar-refractivity contribution in [2.75, 3.05) is 6.26 Å². The summed E-state index contributed by atoms with van der Waals surface area (Å²) >= 11 is 10.3. The van der Waals surface area contributed by atoms with Crippen LogP contribution in [0.3, 0.4) is 0 Å². The lowest BCUT2D eigenvalue weighted by Gasteiger charge is -2.11. The number of rotatable bonds is 3. The molecule has 1 aromatic carbocycles. The number of alkyl halides is 3. The van der Waals surface area contributed by atoms with E-state index in [1.807, 2.05) is 0 Å². The number of hydrogen-bond donors (Lipinski definition) is 0. The van der Waals surface area contributed by atoms with E-state index in [9.17, 15) is 17.2 Å². The minimum Gasteiger partial charge on any atom is -0.383 e. The highest BCUT2D eigenvalue weighted by Gasteiger charge is 2.31. The monoisotopic (exact) mass is 290 g/mol. The summed E-state index contributed by atoms with van der Waals surface area (Å²) in [4.78, 5) is 0. The maximum Gasteiger partial charge on any atom is 0.349 e. The van der Waals surface area contributed by atoms with Crippen LogP contribution >= 0.6 is 23.2 Å². The minimum absolute atomic E-state index is 0.276. The first-order chi connectivity index (χ1) is 7.09. The summed E-state index contributed by atoms with van der Waals surface area (Å²) in [6.07, 6.45) is 0.792. The Morgan fingerprint density at radius 1 is 1.38 bits per heavy atom. The largest absolute Gasteiger partial charge is 0.383 e. The van der Waals surface area contributed by atoms with E-state index in [4.69, 9.17) is 23.2 Å². The van der Waals surface area contributed by atoms with E-state index in [-0.39, 0.29) is 10.8 Å². The Bertz CT molecular complexity index is 496. The molecule has 1 aromatic rings. The molecule has 0 unspecified atom stereocenters. The average Bonchev–Trinajstić information content (AvgIpc) is 2.04. The number of hydrogen-bond acceptors (Lipinski definition) is 3. The van der Waals surface area contributed by atoms with Gasteiger partial charge in [-0.1, -0.05) is 11.6 Å². The van der Waals surface area contributed by atoms with E-state index in [0.717, 1.165) is 24.5 Å². The second-order valence-electron chi connectivity index (χ2n) is 2.93. The van der Waals surface area contributed by atoms with Gasteiger partial charge in [0, 0.05) is 0 Å². The predicted molar refractivity (Wildman–Crippen MR) is 56.7 cm³/mol. The van der Waals surface area contributed by atoms with E-state index >= 15 is 0 Å². The van der Waals surface area contributed by atoms with Crippen LogP contribution in [0.5, 0.6) is 5.75 Å². The molecule has 0 aliphatic rings. The highest BCUT2D eigenvalue weighted by atomic mass is 35.5. The summed E-state index contributed by atoms with van der Waals surface area (Å²) < 4.78 is 51.6. The molecule has 0 bridgehead atoms. The van der Waals surface area contributed by atoms with Crippen molar-refractivity contribution >= 4 is 33.3 Å². The summed E-state index contributed by atoms with van der Waals surface area (Å²) in [6.45, 7) is 0. The van der Waals surface area contributed by atoms with E-state index in [2.05, 4.69) is 4.18 Å². The number of benzene rings is 1. The van der Waals surface area contributed by atoms with Crippen LogP contribution in [0.1, 0.15) is 5.56 Å². The van der Waals surface area contributed by atoms with Gasteiger partial charge in [-0.2, -0.15) is 17.2 Å². The Morgan fingerprint density at radius 2 is 1.94 bits per heavy atom. The second kappa shape index (κ2) is 4.35. The Balaban J connectivity index is 3.18. The van der Waals surface area contributed by atoms with Crippen LogP contribution < -0.4 is 4.18 Å². The fourth-order valence-electron chi connectivity index (χ4n) is 0.948. The molecular formula is C8H6Cl2F2O3S.